The second kappa shape index (κ2) is 5.33. The van der Waals surface area contributed by atoms with Gasteiger partial charge < -0.3 is 5.32 Å². The quantitative estimate of drug-likeness (QED) is 0.821. The Morgan fingerprint density at radius 1 is 1.38 bits per heavy atom. The van der Waals surface area contributed by atoms with Gasteiger partial charge in [-0.1, -0.05) is 20.8 Å². The van der Waals surface area contributed by atoms with Crippen molar-refractivity contribution in [2.75, 3.05) is 6.54 Å². The molecule has 0 bridgehead atoms. The standard InChI is InChI=1S/C14H23NS/c1-4-8-15-13-9-12(10(13)3)14-7-6-11(5-2)16-14/h6-7,10,12-13,15H,4-5,8-9H2,1-3H3. The van der Waals surface area contributed by atoms with Crippen molar-refractivity contribution < 1.29 is 0 Å². The van der Waals surface area contributed by atoms with Gasteiger partial charge in [0.15, 0.2) is 0 Å². The zero-order chi connectivity index (χ0) is 11.5. The molecule has 1 saturated carbocycles. The highest BCUT2D eigenvalue weighted by Crippen LogP contribution is 2.44. The molecule has 0 saturated heterocycles. The van der Waals surface area contributed by atoms with Crippen LogP contribution in [-0.2, 0) is 6.42 Å². The van der Waals surface area contributed by atoms with Crippen LogP contribution in [0.1, 0.15) is 49.3 Å². The van der Waals surface area contributed by atoms with E-state index in [1.807, 2.05) is 11.3 Å². The highest BCUT2D eigenvalue weighted by molar-refractivity contribution is 7.12. The number of rotatable bonds is 5. The van der Waals surface area contributed by atoms with E-state index in [0.29, 0.717) is 0 Å². The van der Waals surface area contributed by atoms with E-state index in [1.54, 1.807) is 4.88 Å². The average molecular weight is 237 g/mol. The van der Waals surface area contributed by atoms with Crippen LogP contribution in [0.15, 0.2) is 12.1 Å². The van der Waals surface area contributed by atoms with Crippen LogP contribution in [0.4, 0.5) is 0 Å². The normalized spacial score (nSPS) is 29.1. The third kappa shape index (κ3) is 2.33. The highest BCUT2D eigenvalue weighted by atomic mass is 32.1. The first-order valence-electron chi connectivity index (χ1n) is 6.58. The highest BCUT2D eigenvalue weighted by Gasteiger charge is 2.38. The lowest BCUT2D eigenvalue weighted by molar-refractivity contribution is 0.187. The maximum atomic E-state index is 3.64. The number of nitrogens with one attached hydrogen (secondary N) is 1. The lowest BCUT2D eigenvalue weighted by atomic mass is 9.69. The van der Waals surface area contributed by atoms with Gasteiger partial charge in [-0.05, 0) is 49.8 Å². The van der Waals surface area contributed by atoms with Crippen LogP contribution in [0, 0.1) is 5.92 Å². The van der Waals surface area contributed by atoms with E-state index < -0.39 is 0 Å². The molecule has 0 spiro atoms. The van der Waals surface area contributed by atoms with Gasteiger partial charge in [-0.2, -0.15) is 0 Å². The van der Waals surface area contributed by atoms with E-state index in [2.05, 4.69) is 38.2 Å². The Kier molecular flexibility index (Phi) is 4.04. The maximum absolute atomic E-state index is 3.64. The van der Waals surface area contributed by atoms with Gasteiger partial charge in [0.25, 0.3) is 0 Å². The first-order chi connectivity index (χ1) is 7.76. The van der Waals surface area contributed by atoms with E-state index >= 15 is 0 Å². The molecule has 1 fully saturated rings. The molecule has 3 unspecified atom stereocenters. The van der Waals surface area contributed by atoms with E-state index in [1.165, 1.54) is 30.7 Å². The van der Waals surface area contributed by atoms with E-state index in [0.717, 1.165) is 17.9 Å². The summed E-state index contributed by atoms with van der Waals surface area (Å²) in [6.07, 6.45) is 3.76. The SMILES string of the molecule is CCCNC1CC(c2ccc(CC)s2)C1C. The minimum Gasteiger partial charge on any atom is -0.314 e. The molecular weight excluding hydrogens is 214 g/mol. The Hall–Kier alpha value is -0.340. The van der Waals surface area contributed by atoms with E-state index in [9.17, 15) is 0 Å². The molecule has 0 aliphatic heterocycles. The predicted octanol–water partition coefficient (Wildman–Crippen LogP) is 3.80. The summed E-state index contributed by atoms with van der Waals surface area (Å²) in [6.45, 7) is 8.05. The van der Waals surface area contributed by atoms with E-state index in [4.69, 9.17) is 0 Å². The van der Waals surface area contributed by atoms with Gasteiger partial charge >= 0.3 is 0 Å². The Labute approximate surface area is 103 Å². The van der Waals surface area contributed by atoms with Crippen molar-refractivity contribution in [3.63, 3.8) is 0 Å². The van der Waals surface area contributed by atoms with Crippen molar-refractivity contribution in [1.82, 2.24) is 5.32 Å². The number of aryl methyl sites for hydroxylation is 1. The Morgan fingerprint density at radius 3 is 2.75 bits per heavy atom. The van der Waals surface area contributed by atoms with Crippen molar-refractivity contribution in [2.24, 2.45) is 5.92 Å². The molecule has 1 aliphatic carbocycles. The lowest BCUT2D eigenvalue weighted by Crippen LogP contribution is -2.47. The Bertz CT molecular complexity index is 331. The monoisotopic (exact) mass is 237 g/mol. The number of thiophene rings is 1. The lowest BCUT2D eigenvalue weighted by Gasteiger charge is -2.43. The third-order valence-electron chi connectivity index (χ3n) is 3.83. The smallest absolute Gasteiger partial charge is 0.0105 e. The summed E-state index contributed by atoms with van der Waals surface area (Å²) in [5.74, 6) is 1.63. The van der Waals surface area contributed by atoms with Crippen molar-refractivity contribution >= 4 is 11.3 Å². The molecule has 90 valence electrons. The van der Waals surface area contributed by atoms with Gasteiger partial charge in [0, 0.05) is 15.8 Å². The van der Waals surface area contributed by atoms with Gasteiger partial charge in [-0.25, -0.2) is 0 Å². The fourth-order valence-electron chi connectivity index (χ4n) is 2.55. The summed E-state index contributed by atoms with van der Waals surface area (Å²) in [4.78, 5) is 3.14. The minimum absolute atomic E-state index is 0.761. The van der Waals surface area contributed by atoms with Crippen molar-refractivity contribution in [1.29, 1.82) is 0 Å². The minimum atomic E-state index is 0.761. The molecule has 1 nitrogen and oxygen atoms in total. The number of hydrogen-bond donors (Lipinski definition) is 1. The fourth-order valence-corrected chi connectivity index (χ4v) is 3.73. The fraction of sp³-hybridized carbons (Fsp3) is 0.714. The van der Waals surface area contributed by atoms with Crippen molar-refractivity contribution in [3.8, 4) is 0 Å². The summed E-state index contributed by atoms with van der Waals surface area (Å²) < 4.78 is 0. The van der Waals surface area contributed by atoms with E-state index in [-0.39, 0.29) is 0 Å². The summed E-state index contributed by atoms with van der Waals surface area (Å²) >= 11 is 2.02. The summed E-state index contributed by atoms with van der Waals surface area (Å²) in [5, 5.41) is 3.64. The zero-order valence-electron chi connectivity index (χ0n) is 10.6. The molecule has 0 radical (unpaired) electrons. The molecule has 1 heterocycles. The summed E-state index contributed by atoms with van der Waals surface area (Å²) in [6, 6.07) is 5.41. The predicted molar refractivity (Wildman–Crippen MR) is 72.3 cm³/mol. The van der Waals surface area contributed by atoms with Crippen LogP contribution in [-0.4, -0.2) is 12.6 Å². The van der Waals surface area contributed by atoms with Crippen LogP contribution in [0.5, 0.6) is 0 Å². The molecule has 1 N–H and O–H groups in total. The second-order valence-corrected chi connectivity index (χ2v) is 6.12. The average Bonchev–Trinajstić information content (AvgIpc) is 2.75. The van der Waals surface area contributed by atoms with Crippen LogP contribution in [0.2, 0.25) is 0 Å². The molecule has 1 aromatic rings. The first-order valence-corrected chi connectivity index (χ1v) is 7.39. The van der Waals surface area contributed by atoms with Crippen LogP contribution < -0.4 is 5.32 Å². The van der Waals surface area contributed by atoms with Crippen molar-refractivity contribution in [2.45, 2.75) is 52.0 Å². The third-order valence-corrected chi connectivity index (χ3v) is 5.19. The molecule has 2 heteroatoms. The molecule has 16 heavy (non-hydrogen) atoms. The largest absolute Gasteiger partial charge is 0.314 e. The second-order valence-electron chi connectivity index (χ2n) is 4.92. The molecule has 1 aliphatic rings. The van der Waals surface area contributed by atoms with Gasteiger partial charge in [-0.15, -0.1) is 11.3 Å². The summed E-state index contributed by atoms with van der Waals surface area (Å²) in [5.41, 5.74) is 0. The molecule has 0 amide bonds. The molecular formula is C14H23NS. The van der Waals surface area contributed by atoms with Crippen LogP contribution >= 0.6 is 11.3 Å². The van der Waals surface area contributed by atoms with Crippen LogP contribution in [0.25, 0.3) is 0 Å². The van der Waals surface area contributed by atoms with Gasteiger partial charge in [0.05, 0.1) is 0 Å². The topological polar surface area (TPSA) is 12.0 Å². The summed E-state index contributed by atoms with van der Waals surface area (Å²) in [7, 11) is 0. The number of hydrogen-bond acceptors (Lipinski definition) is 2. The van der Waals surface area contributed by atoms with Gasteiger partial charge in [0.1, 0.15) is 0 Å². The first kappa shape index (κ1) is 12.1. The maximum Gasteiger partial charge on any atom is 0.0105 e. The molecule has 2 rings (SSSR count). The van der Waals surface area contributed by atoms with Crippen LogP contribution in [0.3, 0.4) is 0 Å². The van der Waals surface area contributed by atoms with Gasteiger partial charge in [-0.3, -0.25) is 0 Å². The van der Waals surface area contributed by atoms with Crippen molar-refractivity contribution in [3.05, 3.63) is 21.9 Å². The molecule has 0 aromatic carbocycles. The Morgan fingerprint density at radius 2 is 2.19 bits per heavy atom. The van der Waals surface area contributed by atoms with Gasteiger partial charge in [0.2, 0.25) is 0 Å². The zero-order valence-corrected chi connectivity index (χ0v) is 11.4. The Balaban J connectivity index is 1.89. The molecule has 3 atom stereocenters. The molecule has 1 aromatic heterocycles.